The van der Waals surface area contributed by atoms with Gasteiger partial charge in [-0.25, -0.2) is 4.79 Å². The third-order valence-electron chi connectivity index (χ3n) is 5.74. The highest BCUT2D eigenvalue weighted by molar-refractivity contribution is 5.95. The maximum absolute atomic E-state index is 13.2. The van der Waals surface area contributed by atoms with Gasteiger partial charge in [-0.2, -0.15) is 0 Å². The molecular formula is C22H43N11O6. The molecule has 0 heterocycles. The lowest BCUT2D eigenvalue weighted by atomic mass is 9.98. The van der Waals surface area contributed by atoms with Gasteiger partial charge < -0.3 is 55.5 Å². The second-order valence-electron chi connectivity index (χ2n) is 9.00. The molecule has 5 atom stereocenters. The van der Waals surface area contributed by atoms with E-state index in [1.165, 1.54) is 0 Å². The second kappa shape index (κ2) is 18.2. The summed E-state index contributed by atoms with van der Waals surface area (Å²) in [6.45, 7) is 3.95. The van der Waals surface area contributed by atoms with E-state index in [0.717, 1.165) is 0 Å². The molecule has 0 rings (SSSR count). The second-order valence-corrected chi connectivity index (χ2v) is 9.00. The van der Waals surface area contributed by atoms with E-state index < -0.39 is 60.2 Å². The van der Waals surface area contributed by atoms with Crippen LogP contribution in [-0.4, -0.2) is 83.9 Å². The number of rotatable bonds is 19. The third kappa shape index (κ3) is 15.0. The van der Waals surface area contributed by atoms with Crippen molar-refractivity contribution in [2.75, 3.05) is 13.1 Å². The molecule has 0 aliphatic heterocycles. The zero-order valence-corrected chi connectivity index (χ0v) is 22.4. The van der Waals surface area contributed by atoms with Gasteiger partial charge in [0.25, 0.3) is 0 Å². The molecular weight excluding hydrogens is 514 g/mol. The highest BCUT2D eigenvalue weighted by atomic mass is 16.4. The van der Waals surface area contributed by atoms with Crippen LogP contribution in [0.1, 0.15) is 52.4 Å². The summed E-state index contributed by atoms with van der Waals surface area (Å²) in [5, 5.41) is 16.7. The number of aliphatic carboxylic acids is 1. The Morgan fingerprint density at radius 3 is 1.51 bits per heavy atom. The van der Waals surface area contributed by atoms with E-state index in [-0.39, 0.29) is 50.2 Å². The molecule has 17 heteroatoms. The summed E-state index contributed by atoms with van der Waals surface area (Å²) in [7, 11) is 0. The van der Waals surface area contributed by atoms with Crippen molar-refractivity contribution in [3.8, 4) is 0 Å². The number of carbonyl (C=O) groups excluding carboxylic acids is 4. The number of hydrogen-bond donors (Lipinski definition) is 10. The van der Waals surface area contributed by atoms with Gasteiger partial charge in [0.2, 0.25) is 23.6 Å². The number of nitrogens with one attached hydrogen (secondary N) is 3. The Hall–Kier alpha value is -4.15. The van der Waals surface area contributed by atoms with Crippen LogP contribution in [0.25, 0.3) is 0 Å². The lowest BCUT2D eigenvalue weighted by molar-refractivity contribution is -0.143. The molecule has 5 unspecified atom stereocenters. The van der Waals surface area contributed by atoms with Gasteiger partial charge in [0.05, 0.1) is 12.5 Å². The average molecular weight is 558 g/mol. The van der Waals surface area contributed by atoms with Gasteiger partial charge in [-0.15, -0.1) is 0 Å². The van der Waals surface area contributed by atoms with Crippen molar-refractivity contribution in [3.05, 3.63) is 0 Å². The molecule has 0 radical (unpaired) electrons. The minimum atomic E-state index is -1.62. The van der Waals surface area contributed by atoms with Crippen molar-refractivity contribution in [1.29, 1.82) is 0 Å². The van der Waals surface area contributed by atoms with Crippen LogP contribution in [0.4, 0.5) is 0 Å². The van der Waals surface area contributed by atoms with Crippen molar-refractivity contribution < 1.29 is 29.1 Å². The fraction of sp³-hybridized carbons (Fsp3) is 0.682. The van der Waals surface area contributed by atoms with E-state index >= 15 is 0 Å². The molecule has 0 aliphatic rings. The first-order chi connectivity index (χ1) is 18.2. The molecule has 0 saturated heterocycles. The topological polar surface area (TPSA) is 323 Å². The SMILES string of the molecule is CCC(C)C(N)C(=O)NC(CCCN=C(N)N)C(=O)NC(CCCN=C(N)N)C(=O)NC(CC(N)=O)C(=O)O. The minimum absolute atomic E-state index is 0.00167. The number of amides is 4. The molecule has 0 fully saturated rings. The normalized spacial score (nSPS) is 14.4. The number of nitrogens with two attached hydrogens (primary N) is 6. The Kier molecular flexibility index (Phi) is 16.2. The first kappa shape index (κ1) is 34.9. The van der Waals surface area contributed by atoms with Crippen LogP contribution in [-0.2, 0) is 24.0 Å². The summed E-state index contributed by atoms with van der Waals surface area (Å²) in [6.07, 6.45) is 0.596. The van der Waals surface area contributed by atoms with Crippen LogP contribution >= 0.6 is 0 Å². The van der Waals surface area contributed by atoms with Gasteiger partial charge in [-0.3, -0.25) is 29.2 Å². The summed E-state index contributed by atoms with van der Waals surface area (Å²) >= 11 is 0. The largest absolute Gasteiger partial charge is 0.480 e. The molecule has 0 aromatic carbocycles. The quantitative estimate of drug-likeness (QED) is 0.0413. The van der Waals surface area contributed by atoms with Crippen LogP contribution in [0.5, 0.6) is 0 Å². The van der Waals surface area contributed by atoms with Crippen LogP contribution in [0.2, 0.25) is 0 Å². The number of hydrogen-bond acceptors (Lipinski definition) is 8. The first-order valence-electron chi connectivity index (χ1n) is 12.5. The molecule has 0 bridgehead atoms. The van der Waals surface area contributed by atoms with Gasteiger partial charge in [-0.05, 0) is 31.6 Å². The predicted molar refractivity (Wildman–Crippen MR) is 144 cm³/mol. The van der Waals surface area contributed by atoms with Crippen molar-refractivity contribution in [1.82, 2.24) is 16.0 Å². The molecule has 0 saturated carbocycles. The Balaban J connectivity index is 5.82. The molecule has 16 N–H and O–H groups in total. The monoisotopic (exact) mass is 557 g/mol. The number of aliphatic imine (C=N–C) groups is 2. The third-order valence-corrected chi connectivity index (χ3v) is 5.74. The first-order valence-corrected chi connectivity index (χ1v) is 12.5. The lowest BCUT2D eigenvalue weighted by Crippen LogP contribution is -2.57. The van der Waals surface area contributed by atoms with E-state index in [4.69, 9.17) is 34.4 Å². The highest BCUT2D eigenvalue weighted by Gasteiger charge is 2.31. The van der Waals surface area contributed by atoms with Gasteiger partial charge in [0, 0.05) is 13.1 Å². The van der Waals surface area contributed by atoms with Crippen molar-refractivity contribution in [3.63, 3.8) is 0 Å². The maximum atomic E-state index is 13.2. The fourth-order valence-corrected chi connectivity index (χ4v) is 3.27. The number of guanidine groups is 2. The van der Waals surface area contributed by atoms with Gasteiger partial charge in [0.1, 0.15) is 18.1 Å². The van der Waals surface area contributed by atoms with E-state index in [1.54, 1.807) is 6.92 Å². The van der Waals surface area contributed by atoms with Gasteiger partial charge in [-0.1, -0.05) is 20.3 Å². The van der Waals surface area contributed by atoms with Gasteiger partial charge >= 0.3 is 5.97 Å². The Bertz CT molecular complexity index is 903. The number of nitrogens with zero attached hydrogens (tertiary/aromatic N) is 2. The standard InChI is InChI=1S/C22H43N11O6/c1-3-11(2)16(24)19(37)32-13(7-5-9-30-22(27)28)17(35)31-12(6-4-8-29-21(25)26)18(36)33-14(20(38)39)10-15(23)34/h11-14,16H,3-10,24H2,1-2H3,(H2,23,34)(H,31,35)(H,32,37)(H,33,36)(H,38,39)(H4,25,26,29)(H4,27,28,30). The van der Waals surface area contributed by atoms with Crippen molar-refractivity contribution in [2.24, 2.45) is 50.3 Å². The molecule has 17 nitrogen and oxygen atoms in total. The van der Waals surface area contributed by atoms with Crippen LogP contribution in [0.3, 0.4) is 0 Å². The maximum Gasteiger partial charge on any atom is 0.326 e. The van der Waals surface area contributed by atoms with Crippen LogP contribution < -0.4 is 50.4 Å². The Morgan fingerprint density at radius 2 is 1.15 bits per heavy atom. The Labute approximate surface area is 226 Å². The van der Waals surface area contributed by atoms with Crippen molar-refractivity contribution in [2.45, 2.75) is 76.5 Å². The molecule has 0 aromatic rings. The number of carbonyl (C=O) groups is 5. The van der Waals surface area contributed by atoms with Crippen molar-refractivity contribution >= 4 is 41.5 Å². The molecule has 0 aromatic heterocycles. The number of carboxylic acids is 1. The number of carboxylic acid groups (broad SMARTS) is 1. The molecule has 0 spiro atoms. The summed E-state index contributed by atoms with van der Waals surface area (Å²) in [6, 6.07) is -4.87. The van der Waals surface area contributed by atoms with E-state index in [1.807, 2.05) is 6.92 Å². The highest BCUT2D eigenvalue weighted by Crippen LogP contribution is 2.08. The van der Waals surface area contributed by atoms with E-state index in [2.05, 4.69) is 25.9 Å². The predicted octanol–water partition coefficient (Wildman–Crippen LogP) is -4.12. The van der Waals surface area contributed by atoms with E-state index in [9.17, 15) is 29.1 Å². The lowest BCUT2D eigenvalue weighted by Gasteiger charge is -2.26. The molecule has 0 aliphatic carbocycles. The van der Waals surface area contributed by atoms with E-state index in [0.29, 0.717) is 12.8 Å². The summed E-state index contributed by atoms with van der Waals surface area (Å²) in [5.74, 6) is -5.09. The zero-order valence-electron chi connectivity index (χ0n) is 22.4. The fourth-order valence-electron chi connectivity index (χ4n) is 3.27. The summed E-state index contributed by atoms with van der Waals surface area (Å²) in [4.78, 5) is 69.2. The zero-order chi connectivity index (χ0) is 30.1. The number of primary amides is 1. The molecule has 39 heavy (non-hydrogen) atoms. The molecule has 4 amide bonds. The Morgan fingerprint density at radius 1 is 0.744 bits per heavy atom. The molecule has 222 valence electrons. The van der Waals surface area contributed by atoms with Crippen LogP contribution in [0.15, 0.2) is 9.98 Å². The summed E-state index contributed by atoms with van der Waals surface area (Å²) < 4.78 is 0. The minimum Gasteiger partial charge on any atom is -0.480 e. The summed E-state index contributed by atoms with van der Waals surface area (Å²) in [5.41, 5.74) is 32.3. The smallest absolute Gasteiger partial charge is 0.326 e. The van der Waals surface area contributed by atoms with Crippen LogP contribution in [0, 0.1) is 5.92 Å². The average Bonchev–Trinajstić information content (AvgIpc) is 2.85. The van der Waals surface area contributed by atoms with Gasteiger partial charge in [0.15, 0.2) is 11.9 Å².